The number of fused-ring (bicyclic) bond motifs is 1. The maximum absolute atomic E-state index is 12.0. The van der Waals surface area contributed by atoms with Crippen molar-refractivity contribution in [2.24, 2.45) is 0 Å². The maximum atomic E-state index is 12.0. The molecule has 0 aliphatic carbocycles. The Bertz CT molecular complexity index is 1200. The second-order valence-electron chi connectivity index (χ2n) is 9.73. The number of ether oxygens (including phenoxy) is 3. The summed E-state index contributed by atoms with van der Waals surface area (Å²) in [5, 5.41) is 0. The highest BCUT2D eigenvalue weighted by Gasteiger charge is 2.17. The van der Waals surface area contributed by atoms with Crippen molar-refractivity contribution in [2.45, 2.75) is 52.2 Å². The highest BCUT2D eigenvalue weighted by atomic mass is 16.5. The Morgan fingerprint density at radius 3 is 2.42 bits per heavy atom. The Kier molecular flexibility index (Phi) is 9.99. The van der Waals surface area contributed by atoms with Gasteiger partial charge in [-0.2, -0.15) is 0 Å². The number of methoxy groups -OCH3 is 1. The van der Waals surface area contributed by atoms with Crippen molar-refractivity contribution < 1.29 is 19.0 Å². The Balaban J connectivity index is 1.24. The summed E-state index contributed by atoms with van der Waals surface area (Å²) in [7, 11) is 1.73. The van der Waals surface area contributed by atoms with Crippen LogP contribution < -0.4 is 9.47 Å². The normalized spacial score (nSPS) is 14.2. The molecule has 1 heterocycles. The van der Waals surface area contributed by atoms with E-state index in [9.17, 15) is 4.79 Å². The SMILES string of the molecule is CC=C[C@H](CC(=O)OCC)c1ccc(OCc2ccc(CCN3CCc4cc(OC)ccc4C3)cc2)cc1. The first-order chi connectivity index (χ1) is 18.6. The molecule has 3 aromatic carbocycles. The highest BCUT2D eigenvalue weighted by Crippen LogP contribution is 2.26. The molecular weight excluding hydrogens is 474 g/mol. The third-order valence-electron chi connectivity index (χ3n) is 7.07. The number of hydrogen-bond donors (Lipinski definition) is 0. The number of esters is 1. The zero-order valence-corrected chi connectivity index (χ0v) is 22.8. The van der Waals surface area contributed by atoms with E-state index in [4.69, 9.17) is 14.2 Å². The molecule has 3 aromatic rings. The highest BCUT2D eigenvalue weighted by molar-refractivity contribution is 5.71. The molecule has 0 unspecified atom stereocenters. The van der Waals surface area contributed by atoms with Crippen LogP contribution in [0.3, 0.4) is 0 Å². The molecule has 38 heavy (non-hydrogen) atoms. The van der Waals surface area contributed by atoms with Crippen molar-refractivity contribution >= 4 is 5.97 Å². The lowest BCUT2D eigenvalue weighted by atomic mass is 9.95. The van der Waals surface area contributed by atoms with Gasteiger partial charge in [-0.15, -0.1) is 0 Å². The van der Waals surface area contributed by atoms with Crippen LogP contribution in [-0.2, 0) is 35.5 Å². The largest absolute Gasteiger partial charge is 0.497 e. The maximum Gasteiger partial charge on any atom is 0.306 e. The Morgan fingerprint density at radius 2 is 1.71 bits per heavy atom. The molecule has 0 saturated heterocycles. The number of rotatable bonds is 12. The lowest BCUT2D eigenvalue weighted by molar-refractivity contribution is -0.143. The van der Waals surface area contributed by atoms with Crippen molar-refractivity contribution in [3.05, 3.63) is 107 Å². The number of allylic oxidation sites excluding steroid dienone is 2. The standard InChI is InChI=1S/C33H39NO4/c1-4-6-28(22-33(35)37-5-2)27-11-14-31(15-12-27)38-24-26-9-7-25(8-10-26)17-19-34-20-18-29-21-32(36-3)16-13-30(29)23-34/h4,6-16,21,28H,5,17-20,22-24H2,1-3H3/t28-/m1/s1. The van der Waals surface area contributed by atoms with Crippen LogP contribution in [0.5, 0.6) is 11.5 Å². The Morgan fingerprint density at radius 1 is 0.974 bits per heavy atom. The van der Waals surface area contributed by atoms with Crippen LogP contribution in [0, 0.1) is 0 Å². The van der Waals surface area contributed by atoms with E-state index in [1.807, 2.05) is 50.3 Å². The predicted molar refractivity (Wildman–Crippen MR) is 152 cm³/mol. The van der Waals surface area contributed by atoms with E-state index in [0.29, 0.717) is 19.6 Å². The Labute approximate surface area is 227 Å². The van der Waals surface area contributed by atoms with Gasteiger partial charge in [0.1, 0.15) is 18.1 Å². The topological polar surface area (TPSA) is 48.0 Å². The summed E-state index contributed by atoms with van der Waals surface area (Å²) in [4.78, 5) is 14.5. The first-order valence-electron chi connectivity index (χ1n) is 13.5. The summed E-state index contributed by atoms with van der Waals surface area (Å²) in [5.41, 5.74) is 6.38. The van der Waals surface area contributed by atoms with E-state index in [2.05, 4.69) is 47.4 Å². The van der Waals surface area contributed by atoms with Crippen molar-refractivity contribution in [1.29, 1.82) is 0 Å². The number of carbonyl (C=O) groups excluding carboxylic acids is 1. The summed E-state index contributed by atoms with van der Waals surface area (Å²) in [5.74, 6) is 1.59. The molecule has 1 atom stereocenters. The summed E-state index contributed by atoms with van der Waals surface area (Å²) in [6.07, 6.45) is 6.46. The van der Waals surface area contributed by atoms with Crippen LogP contribution in [0.15, 0.2) is 78.9 Å². The van der Waals surface area contributed by atoms with Gasteiger partial charge in [-0.25, -0.2) is 0 Å². The van der Waals surface area contributed by atoms with E-state index in [1.165, 1.54) is 16.7 Å². The third-order valence-corrected chi connectivity index (χ3v) is 7.07. The van der Waals surface area contributed by atoms with Crippen molar-refractivity contribution in [1.82, 2.24) is 4.90 Å². The van der Waals surface area contributed by atoms with E-state index >= 15 is 0 Å². The van der Waals surface area contributed by atoms with E-state index in [0.717, 1.165) is 55.1 Å². The van der Waals surface area contributed by atoms with Crippen LogP contribution in [-0.4, -0.2) is 37.7 Å². The average molecular weight is 514 g/mol. The van der Waals surface area contributed by atoms with Gasteiger partial charge in [-0.1, -0.05) is 54.6 Å². The average Bonchev–Trinajstić information content (AvgIpc) is 2.95. The van der Waals surface area contributed by atoms with Crippen molar-refractivity contribution in [2.75, 3.05) is 26.8 Å². The summed E-state index contributed by atoms with van der Waals surface area (Å²) < 4.78 is 16.5. The molecule has 5 nitrogen and oxygen atoms in total. The second-order valence-corrected chi connectivity index (χ2v) is 9.73. The lowest BCUT2D eigenvalue weighted by Crippen LogP contribution is -2.32. The number of benzene rings is 3. The van der Waals surface area contributed by atoms with Gasteiger partial charge in [0.2, 0.25) is 0 Å². The van der Waals surface area contributed by atoms with Crippen LogP contribution in [0.1, 0.15) is 54.0 Å². The predicted octanol–water partition coefficient (Wildman–Crippen LogP) is 6.49. The summed E-state index contributed by atoms with van der Waals surface area (Å²) >= 11 is 0. The Hall–Kier alpha value is -3.57. The van der Waals surface area contributed by atoms with Crippen LogP contribution in [0.25, 0.3) is 0 Å². The van der Waals surface area contributed by atoms with Crippen molar-refractivity contribution in [3.8, 4) is 11.5 Å². The number of nitrogens with zero attached hydrogens (tertiary/aromatic N) is 1. The van der Waals surface area contributed by atoms with E-state index < -0.39 is 0 Å². The number of carbonyl (C=O) groups is 1. The van der Waals surface area contributed by atoms with Crippen molar-refractivity contribution in [3.63, 3.8) is 0 Å². The van der Waals surface area contributed by atoms with E-state index in [-0.39, 0.29) is 11.9 Å². The summed E-state index contributed by atoms with van der Waals surface area (Å²) in [6.45, 7) is 7.86. The molecule has 4 rings (SSSR count). The monoisotopic (exact) mass is 513 g/mol. The number of hydrogen-bond acceptors (Lipinski definition) is 5. The quantitative estimate of drug-likeness (QED) is 0.205. The first-order valence-corrected chi connectivity index (χ1v) is 13.5. The molecule has 200 valence electrons. The molecule has 0 saturated carbocycles. The second kappa shape index (κ2) is 13.8. The third kappa shape index (κ3) is 7.72. The molecule has 0 amide bonds. The molecule has 5 heteroatoms. The molecule has 0 fully saturated rings. The van der Waals surface area contributed by atoms with Crippen LogP contribution >= 0.6 is 0 Å². The molecule has 0 radical (unpaired) electrons. The molecule has 1 aliphatic rings. The molecule has 0 N–H and O–H groups in total. The minimum Gasteiger partial charge on any atom is -0.497 e. The fourth-order valence-corrected chi connectivity index (χ4v) is 4.90. The van der Waals surface area contributed by atoms with Gasteiger partial charge < -0.3 is 14.2 Å². The van der Waals surface area contributed by atoms with E-state index in [1.54, 1.807) is 7.11 Å². The fraction of sp³-hybridized carbons (Fsp3) is 0.364. The van der Waals surface area contributed by atoms with Gasteiger partial charge in [0.15, 0.2) is 0 Å². The molecule has 1 aliphatic heterocycles. The molecule has 0 spiro atoms. The molecule has 0 bridgehead atoms. The van der Waals surface area contributed by atoms with Crippen LogP contribution in [0.4, 0.5) is 0 Å². The van der Waals surface area contributed by atoms with Crippen LogP contribution in [0.2, 0.25) is 0 Å². The fourth-order valence-electron chi connectivity index (χ4n) is 4.90. The zero-order valence-electron chi connectivity index (χ0n) is 22.8. The first kappa shape index (κ1) is 27.5. The minimum atomic E-state index is -0.179. The van der Waals surface area contributed by atoms with Gasteiger partial charge in [-0.3, -0.25) is 9.69 Å². The summed E-state index contributed by atoms with van der Waals surface area (Å²) in [6, 6.07) is 23.2. The van der Waals surface area contributed by atoms with Gasteiger partial charge in [0, 0.05) is 25.6 Å². The lowest BCUT2D eigenvalue weighted by Gasteiger charge is -2.29. The molecular formula is C33H39NO4. The van der Waals surface area contributed by atoms with Gasteiger partial charge >= 0.3 is 5.97 Å². The van der Waals surface area contributed by atoms with Gasteiger partial charge in [0.05, 0.1) is 20.1 Å². The molecule has 0 aromatic heterocycles. The smallest absolute Gasteiger partial charge is 0.306 e. The zero-order chi connectivity index (χ0) is 26.7. The van der Waals surface area contributed by atoms with Gasteiger partial charge in [-0.05, 0) is 78.8 Å². The van der Waals surface area contributed by atoms with Gasteiger partial charge in [0.25, 0.3) is 0 Å². The minimum absolute atomic E-state index is 0.00355.